The summed E-state index contributed by atoms with van der Waals surface area (Å²) in [4.78, 5) is 11.9. The largest absolute Gasteiger partial charge is 0.497 e. The first kappa shape index (κ1) is 20.2. The van der Waals surface area contributed by atoms with Crippen molar-refractivity contribution in [2.75, 3.05) is 20.3 Å². The molecular formula is C22H28N2O4. The minimum absolute atomic E-state index is 0.138. The number of fused-ring (bicyclic) bond motifs is 1. The molecule has 3 rings (SSSR count). The Kier molecular flexibility index (Phi) is 7.28. The van der Waals surface area contributed by atoms with E-state index in [1.807, 2.05) is 24.3 Å². The quantitative estimate of drug-likeness (QED) is 0.621. The fourth-order valence-corrected chi connectivity index (χ4v) is 3.28. The first-order valence-electron chi connectivity index (χ1n) is 9.65. The zero-order valence-electron chi connectivity index (χ0n) is 16.2. The normalized spacial score (nSPS) is 13.6. The molecule has 0 radical (unpaired) electrons. The smallest absolute Gasteiger partial charge is 0.315 e. The lowest BCUT2D eigenvalue weighted by Gasteiger charge is -2.13. The Morgan fingerprint density at radius 1 is 1.07 bits per heavy atom. The third-order valence-electron chi connectivity index (χ3n) is 4.85. The molecule has 6 nitrogen and oxygen atoms in total. The molecule has 0 aliphatic heterocycles. The molecule has 1 aliphatic rings. The van der Waals surface area contributed by atoms with Crippen LogP contribution in [0.1, 0.15) is 28.7 Å². The summed E-state index contributed by atoms with van der Waals surface area (Å²) in [6, 6.07) is 13.6. The van der Waals surface area contributed by atoms with Crippen molar-refractivity contribution < 1.29 is 19.4 Å². The van der Waals surface area contributed by atoms with Gasteiger partial charge in [-0.15, -0.1) is 0 Å². The predicted octanol–water partition coefficient (Wildman–Crippen LogP) is 2.56. The number of carbonyl (C=O) groups is 1. The highest BCUT2D eigenvalue weighted by molar-refractivity contribution is 5.73. The number of urea groups is 1. The van der Waals surface area contributed by atoms with Crippen molar-refractivity contribution in [3.63, 3.8) is 0 Å². The van der Waals surface area contributed by atoms with Crippen LogP contribution >= 0.6 is 0 Å². The Morgan fingerprint density at radius 3 is 2.61 bits per heavy atom. The van der Waals surface area contributed by atoms with Gasteiger partial charge in [-0.3, -0.25) is 0 Å². The van der Waals surface area contributed by atoms with E-state index in [1.165, 1.54) is 17.5 Å². The van der Waals surface area contributed by atoms with Crippen molar-refractivity contribution in [1.82, 2.24) is 10.6 Å². The summed E-state index contributed by atoms with van der Waals surface area (Å²) in [6.07, 6.45) is 2.73. The molecule has 6 heteroatoms. The summed E-state index contributed by atoms with van der Waals surface area (Å²) < 4.78 is 10.6. The molecule has 2 amide bonds. The van der Waals surface area contributed by atoms with Crippen LogP contribution in [0.5, 0.6) is 5.75 Å². The average molecular weight is 384 g/mol. The maximum atomic E-state index is 11.9. The van der Waals surface area contributed by atoms with Crippen LogP contribution in [0, 0.1) is 0 Å². The topological polar surface area (TPSA) is 79.8 Å². The van der Waals surface area contributed by atoms with Crippen LogP contribution < -0.4 is 15.4 Å². The molecule has 0 saturated heterocycles. The third-order valence-corrected chi connectivity index (χ3v) is 4.85. The first-order chi connectivity index (χ1) is 13.6. The number of rotatable bonds is 9. The number of hydrogen-bond donors (Lipinski definition) is 3. The van der Waals surface area contributed by atoms with E-state index in [-0.39, 0.29) is 19.2 Å². The van der Waals surface area contributed by atoms with Gasteiger partial charge in [0.25, 0.3) is 0 Å². The molecule has 1 unspecified atom stereocenters. The highest BCUT2D eigenvalue weighted by Gasteiger charge is 2.11. The van der Waals surface area contributed by atoms with Crippen LogP contribution in [0.4, 0.5) is 4.79 Å². The standard InChI is InChI=1S/C22H28N2O4/c1-27-21-9-6-16(7-10-21)14-28-15-20(25)13-24-22(26)23-12-17-5-8-18-3-2-4-19(18)11-17/h5-11,20,25H,2-4,12-15H2,1H3,(H2,23,24,26). The monoisotopic (exact) mass is 384 g/mol. The maximum absolute atomic E-state index is 11.9. The van der Waals surface area contributed by atoms with Gasteiger partial charge < -0.3 is 25.2 Å². The summed E-state index contributed by atoms with van der Waals surface area (Å²) in [5.74, 6) is 0.791. The van der Waals surface area contributed by atoms with Crippen LogP contribution in [0.3, 0.4) is 0 Å². The van der Waals surface area contributed by atoms with Gasteiger partial charge in [-0.05, 0) is 53.6 Å². The summed E-state index contributed by atoms with van der Waals surface area (Å²) in [5.41, 5.74) is 4.90. The number of nitrogens with one attached hydrogen (secondary N) is 2. The van der Waals surface area contributed by atoms with E-state index in [4.69, 9.17) is 9.47 Å². The second kappa shape index (κ2) is 10.1. The Bertz CT molecular complexity index is 777. The maximum Gasteiger partial charge on any atom is 0.315 e. The number of ether oxygens (including phenoxy) is 2. The van der Waals surface area contributed by atoms with Crippen molar-refractivity contribution in [1.29, 1.82) is 0 Å². The van der Waals surface area contributed by atoms with Gasteiger partial charge in [0.15, 0.2) is 0 Å². The number of aryl methyl sites for hydroxylation is 2. The van der Waals surface area contributed by atoms with Gasteiger partial charge in [0.1, 0.15) is 5.75 Å². The molecule has 2 aromatic rings. The number of carbonyl (C=O) groups excluding carboxylic acids is 1. The lowest BCUT2D eigenvalue weighted by atomic mass is 10.1. The van der Waals surface area contributed by atoms with Crippen molar-refractivity contribution in [2.45, 2.75) is 38.5 Å². The van der Waals surface area contributed by atoms with E-state index in [0.717, 1.165) is 29.7 Å². The second-order valence-corrected chi connectivity index (χ2v) is 7.04. The molecule has 2 aromatic carbocycles. The van der Waals surface area contributed by atoms with Gasteiger partial charge in [0.2, 0.25) is 0 Å². The van der Waals surface area contributed by atoms with Gasteiger partial charge in [0, 0.05) is 13.1 Å². The van der Waals surface area contributed by atoms with Gasteiger partial charge in [-0.2, -0.15) is 0 Å². The first-order valence-corrected chi connectivity index (χ1v) is 9.65. The molecule has 0 spiro atoms. The minimum Gasteiger partial charge on any atom is -0.497 e. The third kappa shape index (κ3) is 5.97. The number of benzene rings is 2. The molecular weight excluding hydrogens is 356 g/mol. The Labute approximate surface area is 165 Å². The van der Waals surface area contributed by atoms with Crippen molar-refractivity contribution >= 4 is 6.03 Å². The van der Waals surface area contributed by atoms with Crippen LogP contribution in [0.2, 0.25) is 0 Å². The molecule has 28 heavy (non-hydrogen) atoms. The molecule has 150 valence electrons. The lowest BCUT2D eigenvalue weighted by Crippen LogP contribution is -2.40. The number of amides is 2. The van der Waals surface area contributed by atoms with E-state index in [1.54, 1.807) is 7.11 Å². The molecule has 1 atom stereocenters. The fourth-order valence-electron chi connectivity index (χ4n) is 3.28. The zero-order chi connectivity index (χ0) is 19.8. The summed E-state index contributed by atoms with van der Waals surface area (Å²) in [7, 11) is 1.62. The molecule has 0 aromatic heterocycles. The highest BCUT2D eigenvalue weighted by atomic mass is 16.5. The Hall–Kier alpha value is -2.57. The molecule has 0 saturated carbocycles. The van der Waals surface area contributed by atoms with Crippen LogP contribution in [0.25, 0.3) is 0 Å². The molecule has 1 aliphatic carbocycles. The van der Waals surface area contributed by atoms with Gasteiger partial charge >= 0.3 is 6.03 Å². The van der Waals surface area contributed by atoms with Gasteiger partial charge in [-0.25, -0.2) is 4.79 Å². The number of hydrogen-bond acceptors (Lipinski definition) is 4. The van der Waals surface area contributed by atoms with E-state index < -0.39 is 6.10 Å². The van der Waals surface area contributed by atoms with Gasteiger partial charge in [0.05, 0.1) is 26.4 Å². The fraction of sp³-hybridized carbons (Fsp3) is 0.409. The summed E-state index contributed by atoms with van der Waals surface area (Å²) in [5, 5.41) is 15.5. The summed E-state index contributed by atoms with van der Waals surface area (Å²) in [6.45, 7) is 1.16. The van der Waals surface area contributed by atoms with E-state index in [2.05, 4.69) is 28.8 Å². The second-order valence-electron chi connectivity index (χ2n) is 7.04. The SMILES string of the molecule is COc1ccc(COCC(O)CNC(=O)NCc2ccc3c(c2)CCC3)cc1. The molecule has 0 heterocycles. The highest BCUT2D eigenvalue weighted by Crippen LogP contribution is 2.22. The Morgan fingerprint density at radius 2 is 1.82 bits per heavy atom. The number of methoxy groups -OCH3 is 1. The molecule has 0 bridgehead atoms. The van der Waals surface area contributed by atoms with Crippen LogP contribution in [-0.2, 0) is 30.7 Å². The number of aliphatic hydroxyl groups is 1. The molecule has 0 fully saturated rings. The Balaban J connectivity index is 1.30. The predicted molar refractivity (Wildman–Crippen MR) is 107 cm³/mol. The summed E-state index contributed by atoms with van der Waals surface area (Å²) >= 11 is 0. The van der Waals surface area contributed by atoms with Crippen LogP contribution in [-0.4, -0.2) is 37.5 Å². The van der Waals surface area contributed by atoms with Crippen molar-refractivity contribution in [2.24, 2.45) is 0 Å². The van der Waals surface area contributed by atoms with Crippen molar-refractivity contribution in [3.05, 3.63) is 64.7 Å². The van der Waals surface area contributed by atoms with E-state index in [0.29, 0.717) is 13.2 Å². The average Bonchev–Trinajstić information content (AvgIpc) is 3.19. The number of aliphatic hydroxyl groups excluding tert-OH is 1. The van der Waals surface area contributed by atoms with E-state index >= 15 is 0 Å². The lowest BCUT2D eigenvalue weighted by molar-refractivity contribution is 0.0300. The zero-order valence-corrected chi connectivity index (χ0v) is 16.2. The van der Waals surface area contributed by atoms with Gasteiger partial charge in [-0.1, -0.05) is 30.3 Å². The van der Waals surface area contributed by atoms with Crippen molar-refractivity contribution in [3.8, 4) is 5.75 Å². The van der Waals surface area contributed by atoms with E-state index in [9.17, 15) is 9.90 Å². The molecule has 3 N–H and O–H groups in total. The van der Waals surface area contributed by atoms with Crippen LogP contribution in [0.15, 0.2) is 42.5 Å². The minimum atomic E-state index is -0.760.